The van der Waals surface area contributed by atoms with Crippen LogP contribution in [-0.4, -0.2) is 68.5 Å². The lowest BCUT2D eigenvalue weighted by atomic mass is 10.2. The Morgan fingerprint density at radius 3 is 2.83 bits per heavy atom. The van der Waals surface area contributed by atoms with Gasteiger partial charge < -0.3 is 24.8 Å². The Kier molecular flexibility index (Phi) is 7.11. The molecule has 0 aromatic heterocycles. The lowest BCUT2D eigenvalue weighted by molar-refractivity contribution is -0.158. The van der Waals surface area contributed by atoms with Crippen LogP contribution in [0.3, 0.4) is 0 Å². The van der Waals surface area contributed by atoms with Crippen molar-refractivity contribution in [3.63, 3.8) is 0 Å². The maximum absolute atomic E-state index is 12.2. The van der Waals surface area contributed by atoms with E-state index < -0.39 is 6.10 Å². The molecule has 0 aromatic carbocycles. The van der Waals surface area contributed by atoms with Crippen LogP contribution in [0.15, 0.2) is 0 Å². The molecule has 2 N–H and O–H groups in total. The van der Waals surface area contributed by atoms with E-state index >= 15 is 0 Å². The minimum atomic E-state index is -0.526. The first-order valence-corrected chi connectivity index (χ1v) is 6.31. The molecular formula is C11H20N2O4S. The number of hydrogen-bond donors (Lipinski definition) is 1. The van der Waals surface area contributed by atoms with E-state index in [1.54, 1.807) is 12.0 Å². The second-order valence-corrected chi connectivity index (χ2v) is 4.49. The van der Waals surface area contributed by atoms with Crippen molar-refractivity contribution in [1.29, 1.82) is 0 Å². The van der Waals surface area contributed by atoms with Crippen LogP contribution >= 0.6 is 12.2 Å². The number of amides is 1. The number of hydrogen-bond acceptors (Lipinski definition) is 5. The van der Waals surface area contributed by atoms with E-state index in [2.05, 4.69) is 0 Å². The summed E-state index contributed by atoms with van der Waals surface area (Å²) in [5, 5.41) is 0. The Balaban J connectivity index is 2.50. The molecule has 1 rings (SSSR count). The van der Waals surface area contributed by atoms with E-state index in [1.807, 2.05) is 0 Å². The highest BCUT2D eigenvalue weighted by Crippen LogP contribution is 2.06. The lowest BCUT2D eigenvalue weighted by Gasteiger charge is -2.29. The third-order valence-electron chi connectivity index (χ3n) is 2.60. The van der Waals surface area contributed by atoms with Gasteiger partial charge in [0.05, 0.1) is 31.4 Å². The monoisotopic (exact) mass is 276 g/mol. The first-order valence-electron chi connectivity index (χ1n) is 5.90. The molecule has 0 bridgehead atoms. The molecule has 0 aliphatic carbocycles. The molecule has 6 nitrogen and oxygen atoms in total. The van der Waals surface area contributed by atoms with Crippen LogP contribution in [0.5, 0.6) is 0 Å². The van der Waals surface area contributed by atoms with Crippen LogP contribution in [-0.2, 0) is 19.0 Å². The maximum atomic E-state index is 12.2. The zero-order chi connectivity index (χ0) is 13.4. The summed E-state index contributed by atoms with van der Waals surface area (Å²) in [4.78, 5) is 14.2. The normalized spacial score (nSPS) is 19.5. The molecule has 0 aromatic rings. The van der Waals surface area contributed by atoms with Crippen molar-refractivity contribution in [3.05, 3.63) is 0 Å². The number of carbonyl (C=O) groups excluding carboxylic acids is 1. The fraction of sp³-hybridized carbons (Fsp3) is 0.818. The molecule has 7 heteroatoms. The number of rotatable bonds is 7. The zero-order valence-electron chi connectivity index (χ0n) is 10.6. The van der Waals surface area contributed by atoms with Crippen LogP contribution in [0.25, 0.3) is 0 Å². The number of carbonyl (C=O) groups is 1. The molecule has 1 amide bonds. The van der Waals surface area contributed by atoms with E-state index in [0.717, 1.165) is 0 Å². The molecule has 0 saturated carbocycles. The molecule has 1 saturated heterocycles. The standard InChI is InChI=1S/C11H20N2O4S/c1-15-5-4-13(3-2-10(12)18)11(14)9-8-16-6-7-17-9/h9H,2-8H2,1H3,(H2,12,18). The fourth-order valence-electron chi connectivity index (χ4n) is 1.61. The van der Waals surface area contributed by atoms with Gasteiger partial charge in [-0.05, 0) is 0 Å². The lowest BCUT2D eigenvalue weighted by Crippen LogP contribution is -2.47. The van der Waals surface area contributed by atoms with E-state index in [9.17, 15) is 4.79 Å². The average molecular weight is 276 g/mol. The topological polar surface area (TPSA) is 74.0 Å². The Morgan fingerprint density at radius 2 is 2.28 bits per heavy atom. The summed E-state index contributed by atoms with van der Waals surface area (Å²) < 4.78 is 15.6. The predicted octanol–water partition coefficient (Wildman–Crippen LogP) is -0.447. The molecule has 1 aliphatic heterocycles. The maximum Gasteiger partial charge on any atom is 0.254 e. The second-order valence-electron chi connectivity index (χ2n) is 3.97. The van der Waals surface area contributed by atoms with Gasteiger partial charge in [0.1, 0.15) is 0 Å². The molecule has 1 heterocycles. The number of ether oxygens (including phenoxy) is 3. The van der Waals surface area contributed by atoms with Gasteiger partial charge in [0.25, 0.3) is 5.91 Å². The van der Waals surface area contributed by atoms with Gasteiger partial charge in [-0.25, -0.2) is 0 Å². The van der Waals surface area contributed by atoms with Gasteiger partial charge in [-0.2, -0.15) is 0 Å². The summed E-state index contributed by atoms with van der Waals surface area (Å²) in [7, 11) is 1.59. The van der Waals surface area contributed by atoms with Gasteiger partial charge in [-0.1, -0.05) is 12.2 Å². The number of nitrogens with two attached hydrogens (primary N) is 1. The largest absolute Gasteiger partial charge is 0.393 e. The second kappa shape index (κ2) is 8.36. The molecule has 1 fully saturated rings. The van der Waals surface area contributed by atoms with Gasteiger partial charge in [0.15, 0.2) is 6.10 Å². The van der Waals surface area contributed by atoms with Gasteiger partial charge in [0.2, 0.25) is 0 Å². The van der Waals surface area contributed by atoms with E-state index in [4.69, 9.17) is 32.2 Å². The SMILES string of the molecule is COCCN(CCC(N)=S)C(=O)C1COCCO1. The average Bonchev–Trinajstić information content (AvgIpc) is 2.39. The summed E-state index contributed by atoms with van der Waals surface area (Å²) in [6.45, 7) is 2.74. The first kappa shape index (κ1) is 15.3. The predicted molar refractivity (Wildman–Crippen MR) is 70.4 cm³/mol. The van der Waals surface area contributed by atoms with Crippen LogP contribution < -0.4 is 5.73 Å². The first-order chi connectivity index (χ1) is 8.65. The summed E-state index contributed by atoms with van der Waals surface area (Å²) in [5.74, 6) is -0.0944. The van der Waals surface area contributed by atoms with Crippen molar-refractivity contribution < 1.29 is 19.0 Å². The Bertz CT molecular complexity index is 282. The molecule has 1 atom stereocenters. The van der Waals surface area contributed by atoms with Crippen LogP contribution in [0, 0.1) is 0 Å². The number of methoxy groups -OCH3 is 1. The van der Waals surface area contributed by atoms with Crippen molar-refractivity contribution in [1.82, 2.24) is 4.90 Å². The zero-order valence-corrected chi connectivity index (χ0v) is 11.4. The highest BCUT2D eigenvalue weighted by molar-refractivity contribution is 7.80. The molecule has 18 heavy (non-hydrogen) atoms. The number of nitrogens with zero attached hydrogens (tertiary/aromatic N) is 1. The Hall–Kier alpha value is -0.760. The van der Waals surface area contributed by atoms with Crippen molar-refractivity contribution in [2.24, 2.45) is 5.73 Å². The van der Waals surface area contributed by atoms with Gasteiger partial charge in [-0.15, -0.1) is 0 Å². The Labute approximate surface area is 112 Å². The van der Waals surface area contributed by atoms with E-state index in [-0.39, 0.29) is 5.91 Å². The van der Waals surface area contributed by atoms with Crippen LogP contribution in [0.4, 0.5) is 0 Å². The molecule has 0 spiro atoms. The minimum Gasteiger partial charge on any atom is -0.393 e. The van der Waals surface area contributed by atoms with E-state index in [1.165, 1.54) is 0 Å². The fourth-order valence-corrected chi connectivity index (χ4v) is 1.70. The molecule has 1 unspecified atom stereocenters. The Morgan fingerprint density at radius 1 is 1.50 bits per heavy atom. The highest BCUT2D eigenvalue weighted by Gasteiger charge is 2.27. The van der Waals surface area contributed by atoms with Gasteiger partial charge in [-0.3, -0.25) is 4.79 Å². The van der Waals surface area contributed by atoms with Crippen LogP contribution in [0.1, 0.15) is 6.42 Å². The smallest absolute Gasteiger partial charge is 0.254 e. The van der Waals surface area contributed by atoms with Crippen molar-refractivity contribution in [2.75, 3.05) is 46.6 Å². The van der Waals surface area contributed by atoms with Crippen molar-refractivity contribution >= 4 is 23.1 Å². The van der Waals surface area contributed by atoms with Gasteiger partial charge >= 0.3 is 0 Å². The minimum absolute atomic E-state index is 0.0944. The summed E-state index contributed by atoms with van der Waals surface area (Å²) in [5.41, 5.74) is 5.45. The third-order valence-corrected chi connectivity index (χ3v) is 2.80. The highest BCUT2D eigenvalue weighted by atomic mass is 32.1. The molecule has 0 radical (unpaired) electrons. The van der Waals surface area contributed by atoms with Crippen LogP contribution in [0.2, 0.25) is 0 Å². The van der Waals surface area contributed by atoms with Crippen molar-refractivity contribution in [2.45, 2.75) is 12.5 Å². The van der Waals surface area contributed by atoms with Crippen molar-refractivity contribution in [3.8, 4) is 0 Å². The third kappa shape index (κ3) is 5.26. The summed E-state index contributed by atoms with van der Waals surface area (Å²) in [6, 6.07) is 0. The molecule has 104 valence electrons. The number of thiocarbonyl (C=S) groups is 1. The van der Waals surface area contributed by atoms with Gasteiger partial charge in [0, 0.05) is 26.6 Å². The summed E-state index contributed by atoms with van der Waals surface area (Å²) in [6.07, 6.45) is -0.0276. The molecular weight excluding hydrogens is 256 g/mol. The summed E-state index contributed by atoms with van der Waals surface area (Å²) >= 11 is 4.82. The van der Waals surface area contributed by atoms with E-state index in [0.29, 0.717) is 50.9 Å². The molecule has 1 aliphatic rings. The quantitative estimate of drug-likeness (QED) is 0.635.